The number of nitrogens with two attached hydrogens (primary N) is 1. The topological polar surface area (TPSA) is 97.5 Å². The summed E-state index contributed by atoms with van der Waals surface area (Å²) in [6.45, 7) is 5.88. The van der Waals surface area contributed by atoms with E-state index in [1.165, 1.54) is 0 Å². The first-order chi connectivity index (χ1) is 4.83. The van der Waals surface area contributed by atoms with Gasteiger partial charge in [0.2, 0.25) is 5.91 Å². The Labute approximate surface area is 65.0 Å². The fourth-order valence-corrected chi connectivity index (χ4v) is 0. The van der Waals surface area contributed by atoms with E-state index in [1.54, 1.807) is 0 Å². The Morgan fingerprint density at radius 3 is 1.64 bits per heavy atom. The van der Waals surface area contributed by atoms with Crippen molar-refractivity contribution in [3.05, 3.63) is 24.6 Å². The molecule has 1 amide bonds. The van der Waals surface area contributed by atoms with Crippen LogP contribution in [-0.2, 0) is 14.9 Å². The van der Waals surface area contributed by atoms with Gasteiger partial charge in [-0.25, -0.2) is 0 Å². The molecule has 0 aliphatic rings. The summed E-state index contributed by atoms with van der Waals surface area (Å²) < 4.78 is 26.6. The van der Waals surface area contributed by atoms with Crippen molar-refractivity contribution < 1.29 is 17.8 Å². The van der Waals surface area contributed by atoms with Gasteiger partial charge < -0.3 is 5.73 Å². The van der Waals surface area contributed by atoms with Crippen molar-refractivity contribution in [2.75, 3.05) is 0 Å². The van der Waals surface area contributed by atoms with Gasteiger partial charge >= 0.3 is 0 Å². The molecule has 0 aromatic rings. The Morgan fingerprint density at radius 1 is 1.45 bits per heavy atom. The molecular formula is C5H9NO4S. The van der Waals surface area contributed by atoms with E-state index in [9.17, 15) is 13.2 Å². The maximum absolute atomic E-state index is 9.47. The molecule has 64 valence electrons. The van der Waals surface area contributed by atoms with E-state index >= 15 is 0 Å². The molecule has 0 spiro atoms. The molecule has 0 aromatic heterocycles. The Kier molecular flexibility index (Phi) is 6.41. The van der Waals surface area contributed by atoms with Gasteiger partial charge in [0.05, 0.1) is 5.41 Å². The zero-order valence-electron chi connectivity index (χ0n) is 5.73. The largest absolute Gasteiger partial charge is 0.366 e. The minimum atomic E-state index is -3.90. The Hall–Kier alpha value is -1.14. The number of hydrogen-bond acceptors (Lipinski definition) is 3. The summed E-state index contributed by atoms with van der Waals surface area (Å²) in [6, 6.07) is 0. The van der Waals surface area contributed by atoms with E-state index in [-0.39, 0.29) is 0 Å². The summed E-state index contributed by atoms with van der Waals surface area (Å²) in [7, 11) is -3.90. The molecule has 0 fully saturated rings. The molecule has 0 bridgehead atoms. The quantitative estimate of drug-likeness (QED) is 0.448. The van der Waals surface area contributed by atoms with Crippen LogP contribution in [0, 0.1) is 0 Å². The van der Waals surface area contributed by atoms with Crippen molar-refractivity contribution in [1.82, 2.24) is 0 Å². The number of hydrogen-bond donors (Lipinski definition) is 2. The van der Waals surface area contributed by atoms with E-state index in [1.807, 2.05) is 0 Å². The molecule has 0 aliphatic carbocycles. The van der Waals surface area contributed by atoms with Gasteiger partial charge in [0.25, 0.3) is 10.1 Å². The van der Waals surface area contributed by atoms with E-state index < -0.39 is 16.0 Å². The van der Waals surface area contributed by atoms with Crippen LogP contribution in [0.25, 0.3) is 0 Å². The Bertz CT molecular complexity index is 230. The molecule has 0 aliphatic heterocycles. The third kappa shape index (κ3) is 28.0. The predicted octanol–water partition coefficient (Wildman–Crippen LogP) is -0.325. The molecule has 5 nitrogen and oxygen atoms in total. The summed E-state index contributed by atoms with van der Waals surface area (Å²) in [4.78, 5) is 9.47. The summed E-state index contributed by atoms with van der Waals surface area (Å²) in [5.41, 5.74) is 4.53. The highest BCUT2D eigenvalue weighted by atomic mass is 32.2. The zero-order valence-corrected chi connectivity index (χ0v) is 6.54. The van der Waals surface area contributed by atoms with Crippen LogP contribution in [0.5, 0.6) is 0 Å². The fourth-order valence-electron chi connectivity index (χ4n) is 0. The molecule has 0 radical (unpaired) electrons. The summed E-state index contributed by atoms with van der Waals surface area (Å²) in [6.07, 6.45) is 1.06. The second kappa shape index (κ2) is 5.63. The highest BCUT2D eigenvalue weighted by Gasteiger charge is 1.87. The lowest BCUT2D eigenvalue weighted by Crippen LogP contribution is -2.04. The number of rotatable bonds is 2. The van der Waals surface area contributed by atoms with Crippen molar-refractivity contribution >= 4 is 16.0 Å². The van der Waals surface area contributed by atoms with Gasteiger partial charge in [-0.3, -0.25) is 9.35 Å². The maximum atomic E-state index is 9.47. The van der Waals surface area contributed by atoms with Gasteiger partial charge in [-0.1, -0.05) is 13.2 Å². The van der Waals surface area contributed by atoms with E-state index in [0.29, 0.717) is 5.41 Å². The van der Waals surface area contributed by atoms with E-state index in [4.69, 9.17) is 4.55 Å². The number of amides is 1. The molecule has 0 saturated heterocycles. The number of carbonyl (C=O) groups excluding carboxylic acids is 1. The minimum Gasteiger partial charge on any atom is -0.366 e. The van der Waals surface area contributed by atoms with Crippen LogP contribution >= 0.6 is 0 Å². The van der Waals surface area contributed by atoms with Gasteiger partial charge in [-0.15, -0.1) is 0 Å². The van der Waals surface area contributed by atoms with Crippen molar-refractivity contribution in [3.8, 4) is 0 Å². The van der Waals surface area contributed by atoms with Crippen molar-refractivity contribution in [2.24, 2.45) is 5.73 Å². The lowest BCUT2D eigenvalue weighted by Gasteiger charge is -1.73. The molecule has 0 rings (SSSR count). The first-order valence-electron chi connectivity index (χ1n) is 2.35. The second-order valence-electron chi connectivity index (χ2n) is 1.29. The van der Waals surface area contributed by atoms with Crippen LogP contribution in [0.3, 0.4) is 0 Å². The SMILES string of the molecule is C=CC(N)=O.C=CS(=O)(=O)O. The molecule has 3 N–H and O–H groups in total. The predicted molar refractivity (Wildman–Crippen MR) is 41.1 cm³/mol. The van der Waals surface area contributed by atoms with E-state index in [0.717, 1.165) is 6.08 Å². The standard InChI is InChI=1S/C3H5NO.C2H4O3S/c1-2-3(4)5;1-2-6(3,4)5/h2H,1H2,(H2,4,5);2H,1H2,(H,3,4,5). The third-order valence-corrected chi connectivity index (χ3v) is 0.833. The minimum absolute atomic E-state index is 0.465. The normalized spacial score (nSPS) is 8.82. The molecule has 11 heavy (non-hydrogen) atoms. The lowest BCUT2D eigenvalue weighted by atomic mass is 10.6. The first-order valence-corrected chi connectivity index (χ1v) is 3.85. The van der Waals surface area contributed by atoms with Crippen LogP contribution in [-0.4, -0.2) is 18.9 Å². The maximum Gasteiger partial charge on any atom is 0.287 e. The average molecular weight is 179 g/mol. The molecule has 0 heterocycles. The van der Waals surface area contributed by atoms with Crippen LogP contribution in [0.4, 0.5) is 0 Å². The summed E-state index contributed by atoms with van der Waals surface area (Å²) in [5.74, 6) is -0.481. The van der Waals surface area contributed by atoms with Gasteiger partial charge in [0.15, 0.2) is 0 Å². The third-order valence-electron chi connectivity index (χ3n) is 0.412. The van der Waals surface area contributed by atoms with Crippen molar-refractivity contribution in [1.29, 1.82) is 0 Å². The van der Waals surface area contributed by atoms with Crippen LogP contribution < -0.4 is 5.73 Å². The van der Waals surface area contributed by atoms with Crippen molar-refractivity contribution in [2.45, 2.75) is 0 Å². The van der Waals surface area contributed by atoms with Gasteiger partial charge in [0, 0.05) is 0 Å². The van der Waals surface area contributed by atoms with Gasteiger partial charge in [0.1, 0.15) is 0 Å². The number of carbonyl (C=O) groups is 1. The number of primary amides is 1. The molecule has 6 heteroatoms. The van der Waals surface area contributed by atoms with Gasteiger partial charge in [-0.05, 0) is 6.08 Å². The highest BCUT2D eigenvalue weighted by Crippen LogP contribution is 1.75. The lowest BCUT2D eigenvalue weighted by molar-refractivity contribution is -0.113. The zero-order chi connectivity index (χ0) is 9.49. The van der Waals surface area contributed by atoms with E-state index in [2.05, 4.69) is 18.9 Å². The second-order valence-corrected chi connectivity index (χ2v) is 2.65. The molecular weight excluding hydrogens is 170 g/mol. The monoisotopic (exact) mass is 179 g/mol. The molecule has 0 atom stereocenters. The Balaban J connectivity index is 0. The Morgan fingerprint density at radius 2 is 1.64 bits per heavy atom. The smallest absolute Gasteiger partial charge is 0.287 e. The molecule has 0 unspecified atom stereocenters. The summed E-state index contributed by atoms with van der Waals surface area (Å²) >= 11 is 0. The van der Waals surface area contributed by atoms with Crippen LogP contribution in [0.15, 0.2) is 24.6 Å². The fraction of sp³-hybridized carbons (Fsp3) is 0. The summed E-state index contributed by atoms with van der Waals surface area (Å²) in [5, 5.41) is 0.465. The molecule has 0 saturated carbocycles. The van der Waals surface area contributed by atoms with Crippen molar-refractivity contribution in [3.63, 3.8) is 0 Å². The van der Waals surface area contributed by atoms with Crippen LogP contribution in [0.2, 0.25) is 0 Å². The first kappa shape index (κ1) is 12.5. The molecule has 0 aromatic carbocycles. The van der Waals surface area contributed by atoms with Crippen LogP contribution in [0.1, 0.15) is 0 Å². The van der Waals surface area contributed by atoms with Gasteiger partial charge in [-0.2, -0.15) is 8.42 Å². The highest BCUT2D eigenvalue weighted by molar-refractivity contribution is 7.88. The average Bonchev–Trinajstić information content (AvgIpc) is 1.88.